The molecule has 0 unspecified atom stereocenters. The van der Waals surface area contributed by atoms with Crippen molar-refractivity contribution < 1.29 is 14.7 Å². The van der Waals surface area contributed by atoms with Crippen LogP contribution in [0.15, 0.2) is 5.38 Å². The molecule has 0 saturated carbocycles. The zero-order valence-electron chi connectivity index (χ0n) is 14.0. The van der Waals surface area contributed by atoms with Crippen LogP contribution in [0.1, 0.15) is 58.2 Å². The van der Waals surface area contributed by atoms with Crippen LogP contribution in [0.2, 0.25) is 0 Å². The highest BCUT2D eigenvalue weighted by molar-refractivity contribution is 7.09. The van der Waals surface area contributed by atoms with Gasteiger partial charge in [0.2, 0.25) is 5.91 Å². The normalized spacial score (nSPS) is 12.2. The van der Waals surface area contributed by atoms with Gasteiger partial charge in [0, 0.05) is 30.2 Å². The summed E-state index contributed by atoms with van der Waals surface area (Å²) >= 11 is 1.61. The molecule has 0 spiro atoms. The molecule has 0 atom stereocenters. The topological polar surface area (TPSA) is 79.3 Å². The maximum Gasteiger partial charge on any atom is 0.303 e. The molecule has 124 valence electrons. The van der Waals surface area contributed by atoms with E-state index >= 15 is 0 Å². The van der Waals surface area contributed by atoms with Crippen LogP contribution in [0.3, 0.4) is 0 Å². The number of nitrogens with zero attached hydrogens (tertiary/aromatic N) is 1. The molecular weight excluding hydrogens is 300 g/mol. The maximum atomic E-state index is 11.9. The Kier molecular flexibility index (Phi) is 6.11. The van der Waals surface area contributed by atoms with Gasteiger partial charge in [0.1, 0.15) is 0 Å². The number of hydrogen-bond acceptors (Lipinski definition) is 4. The second-order valence-corrected chi connectivity index (χ2v) is 8.33. The molecular formula is C16H26N2O3S. The van der Waals surface area contributed by atoms with E-state index in [1.807, 2.05) is 0 Å². The van der Waals surface area contributed by atoms with Gasteiger partial charge in [-0.15, -0.1) is 11.3 Å². The smallest absolute Gasteiger partial charge is 0.303 e. The molecule has 0 fully saturated rings. The molecule has 1 heterocycles. The summed E-state index contributed by atoms with van der Waals surface area (Å²) in [4.78, 5) is 27.2. The van der Waals surface area contributed by atoms with Crippen LogP contribution in [0, 0.1) is 5.41 Å². The van der Waals surface area contributed by atoms with Crippen molar-refractivity contribution in [3.63, 3.8) is 0 Å². The summed E-state index contributed by atoms with van der Waals surface area (Å²) in [6, 6.07) is 0. The minimum Gasteiger partial charge on any atom is -0.481 e. The third-order valence-electron chi connectivity index (χ3n) is 3.25. The van der Waals surface area contributed by atoms with Crippen molar-refractivity contribution in [2.24, 2.45) is 5.41 Å². The van der Waals surface area contributed by atoms with Crippen LogP contribution >= 0.6 is 11.3 Å². The number of aromatic nitrogens is 1. The molecule has 0 aliphatic rings. The number of aliphatic carboxylic acids is 1. The number of hydrogen-bond donors (Lipinski definition) is 2. The molecule has 0 aromatic carbocycles. The monoisotopic (exact) mass is 326 g/mol. The molecule has 6 heteroatoms. The first-order chi connectivity index (χ1) is 9.99. The predicted molar refractivity (Wildman–Crippen MR) is 88.2 cm³/mol. The largest absolute Gasteiger partial charge is 0.481 e. The Bertz CT molecular complexity index is 530. The molecule has 0 bridgehead atoms. The van der Waals surface area contributed by atoms with E-state index in [-0.39, 0.29) is 24.2 Å². The van der Waals surface area contributed by atoms with Crippen molar-refractivity contribution in [1.29, 1.82) is 0 Å². The lowest BCUT2D eigenvalue weighted by atomic mass is 9.85. The van der Waals surface area contributed by atoms with Crippen molar-refractivity contribution in [3.05, 3.63) is 16.1 Å². The quantitative estimate of drug-likeness (QED) is 0.807. The highest BCUT2D eigenvalue weighted by Crippen LogP contribution is 2.25. The van der Waals surface area contributed by atoms with Gasteiger partial charge in [-0.05, 0) is 5.41 Å². The summed E-state index contributed by atoms with van der Waals surface area (Å²) < 4.78 is 0. The first kappa shape index (κ1) is 18.6. The van der Waals surface area contributed by atoms with E-state index in [0.29, 0.717) is 13.0 Å². The number of carbonyl (C=O) groups is 2. The van der Waals surface area contributed by atoms with Crippen molar-refractivity contribution in [3.8, 4) is 0 Å². The van der Waals surface area contributed by atoms with Gasteiger partial charge < -0.3 is 10.4 Å². The molecule has 1 aromatic heterocycles. The van der Waals surface area contributed by atoms with Gasteiger partial charge in [-0.1, -0.05) is 34.6 Å². The van der Waals surface area contributed by atoms with Crippen molar-refractivity contribution >= 4 is 23.2 Å². The van der Waals surface area contributed by atoms with E-state index in [9.17, 15) is 9.59 Å². The standard InChI is InChI=1S/C16H26N2O3S/c1-15(2,3)11-10-22-13(18-11)6-7-17-12(19)8-16(4,5)9-14(20)21/h10H,6-9H2,1-5H3,(H,17,19)(H,20,21). The number of carboxylic acid groups (broad SMARTS) is 1. The number of rotatable bonds is 7. The Morgan fingerprint density at radius 1 is 1.23 bits per heavy atom. The lowest BCUT2D eigenvalue weighted by Gasteiger charge is -2.21. The van der Waals surface area contributed by atoms with Gasteiger partial charge in [0.25, 0.3) is 0 Å². The molecule has 0 radical (unpaired) electrons. The van der Waals surface area contributed by atoms with Crippen LogP contribution in [0.5, 0.6) is 0 Å². The third kappa shape index (κ3) is 6.56. The Morgan fingerprint density at radius 2 is 1.86 bits per heavy atom. The van der Waals surface area contributed by atoms with Crippen LogP contribution in [-0.2, 0) is 21.4 Å². The molecule has 1 rings (SSSR count). The molecule has 1 amide bonds. The minimum absolute atomic E-state index is 0.0121. The Hall–Kier alpha value is -1.43. The van der Waals surface area contributed by atoms with Crippen molar-refractivity contribution in [2.75, 3.05) is 6.54 Å². The minimum atomic E-state index is -0.879. The fraction of sp³-hybridized carbons (Fsp3) is 0.688. The van der Waals surface area contributed by atoms with E-state index in [4.69, 9.17) is 5.11 Å². The third-order valence-corrected chi connectivity index (χ3v) is 4.16. The molecule has 2 N–H and O–H groups in total. The summed E-state index contributed by atoms with van der Waals surface area (Å²) in [5, 5.41) is 14.7. The second kappa shape index (κ2) is 7.22. The number of thiazole rings is 1. The van der Waals surface area contributed by atoms with Crippen LogP contribution in [0.4, 0.5) is 0 Å². The molecule has 5 nitrogen and oxygen atoms in total. The van der Waals surface area contributed by atoms with Crippen LogP contribution in [0.25, 0.3) is 0 Å². The lowest BCUT2D eigenvalue weighted by molar-refractivity contribution is -0.139. The Labute approximate surface area is 136 Å². The van der Waals surface area contributed by atoms with Crippen LogP contribution < -0.4 is 5.32 Å². The van der Waals surface area contributed by atoms with E-state index in [2.05, 4.69) is 36.5 Å². The summed E-state index contributed by atoms with van der Waals surface area (Å²) in [5.41, 5.74) is 0.580. The number of amides is 1. The number of carboxylic acids is 1. The number of nitrogens with one attached hydrogen (secondary N) is 1. The second-order valence-electron chi connectivity index (χ2n) is 7.39. The SMILES string of the molecule is CC(C)(CC(=O)O)CC(=O)NCCc1nc(C(C)(C)C)cs1. The molecule has 0 aliphatic carbocycles. The predicted octanol–water partition coefficient (Wildman–Crippen LogP) is 2.99. The summed E-state index contributed by atoms with van der Waals surface area (Å²) in [6.45, 7) is 10.5. The van der Waals surface area contributed by atoms with Gasteiger partial charge in [0.05, 0.1) is 17.1 Å². The first-order valence-corrected chi connectivity index (χ1v) is 8.31. The van der Waals surface area contributed by atoms with E-state index in [1.54, 1.807) is 25.2 Å². The zero-order chi connectivity index (χ0) is 17.0. The van der Waals surface area contributed by atoms with Gasteiger partial charge in [0.15, 0.2) is 0 Å². The first-order valence-electron chi connectivity index (χ1n) is 7.43. The van der Waals surface area contributed by atoms with Gasteiger partial charge in [-0.3, -0.25) is 9.59 Å². The molecule has 22 heavy (non-hydrogen) atoms. The maximum absolute atomic E-state index is 11.9. The fourth-order valence-corrected chi connectivity index (χ4v) is 3.07. The van der Waals surface area contributed by atoms with Gasteiger partial charge in [-0.2, -0.15) is 0 Å². The van der Waals surface area contributed by atoms with Crippen molar-refractivity contribution in [2.45, 2.75) is 59.3 Å². The highest BCUT2D eigenvalue weighted by Gasteiger charge is 2.25. The summed E-state index contributed by atoms with van der Waals surface area (Å²) in [7, 11) is 0. The lowest BCUT2D eigenvalue weighted by Crippen LogP contribution is -2.31. The average molecular weight is 326 g/mol. The van der Waals surface area contributed by atoms with E-state index < -0.39 is 11.4 Å². The van der Waals surface area contributed by atoms with Gasteiger partial charge in [-0.25, -0.2) is 4.98 Å². The summed E-state index contributed by atoms with van der Waals surface area (Å²) in [5.74, 6) is -0.992. The van der Waals surface area contributed by atoms with Crippen LogP contribution in [-0.4, -0.2) is 28.5 Å². The van der Waals surface area contributed by atoms with E-state index in [0.717, 1.165) is 10.7 Å². The fourth-order valence-electron chi connectivity index (χ4n) is 2.05. The molecule has 0 aliphatic heterocycles. The Balaban J connectivity index is 2.39. The zero-order valence-corrected chi connectivity index (χ0v) is 14.8. The Morgan fingerprint density at radius 3 is 2.36 bits per heavy atom. The molecule has 0 saturated heterocycles. The van der Waals surface area contributed by atoms with E-state index in [1.165, 1.54) is 0 Å². The van der Waals surface area contributed by atoms with Gasteiger partial charge >= 0.3 is 5.97 Å². The molecule has 1 aromatic rings. The summed E-state index contributed by atoms with van der Waals surface area (Å²) in [6.07, 6.45) is 0.901. The van der Waals surface area contributed by atoms with Crippen molar-refractivity contribution in [1.82, 2.24) is 10.3 Å². The number of carbonyl (C=O) groups excluding carboxylic acids is 1. The average Bonchev–Trinajstić information content (AvgIpc) is 2.74. The highest BCUT2D eigenvalue weighted by atomic mass is 32.1.